The number of nitrogens with one attached hydrogen (secondary N) is 1. The zero-order chi connectivity index (χ0) is 13.6. The molecule has 1 aromatic rings. The minimum Gasteiger partial charge on any atom is -0.394 e. The fourth-order valence-electron chi connectivity index (χ4n) is 2.92. The number of nitrogens with zero attached hydrogens (tertiary/aromatic N) is 1. The van der Waals surface area contributed by atoms with E-state index >= 15 is 0 Å². The van der Waals surface area contributed by atoms with Crippen molar-refractivity contribution >= 4 is 0 Å². The third kappa shape index (κ3) is 2.26. The van der Waals surface area contributed by atoms with Crippen LogP contribution in [0.4, 0.5) is 0 Å². The smallest absolute Gasteiger partial charge is 0.330 e. The van der Waals surface area contributed by atoms with E-state index in [9.17, 15) is 14.7 Å². The summed E-state index contributed by atoms with van der Waals surface area (Å²) in [6.45, 7) is 1.64. The van der Waals surface area contributed by atoms with Crippen LogP contribution in [-0.4, -0.2) is 27.4 Å². The Morgan fingerprint density at radius 2 is 2.21 bits per heavy atom. The number of aliphatic hydroxyl groups is 1. The number of hydrogen-bond acceptors (Lipinski definition) is 4. The lowest BCUT2D eigenvalue weighted by atomic mass is 9.96. The molecule has 0 radical (unpaired) electrons. The van der Waals surface area contributed by atoms with Gasteiger partial charge >= 0.3 is 5.69 Å². The minimum atomic E-state index is -0.450. The second-order valence-corrected chi connectivity index (χ2v) is 5.53. The molecule has 0 spiro atoms. The van der Waals surface area contributed by atoms with Gasteiger partial charge in [-0.15, -0.1) is 0 Å². The number of aryl methyl sites for hydroxylation is 1. The summed E-state index contributed by atoms with van der Waals surface area (Å²) >= 11 is 0. The van der Waals surface area contributed by atoms with E-state index in [4.69, 9.17) is 4.74 Å². The van der Waals surface area contributed by atoms with Gasteiger partial charge in [0.1, 0.15) is 6.23 Å². The molecule has 6 heteroatoms. The van der Waals surface area contributed by atoms with Gasteiger partial charge in [-0.1, -0.05) is 0 Å². The van der Waals surface area contributed by atoms with E-state index in [-0.39, 0.29) is 24.5 Å². The molecule has 1 unspecified atom stereocenters. The summed E-state index contributed by atoms with van der Waals surface area (Å²) < 4.78 is 7.21. The van der Waals surface area contributed by atoms with Crippen molar-refractivity contribution in [1.29, 1.82) is 0 Å². The molecule has 6 nitrogen and oxygen atoms in total. The lowest BCUT2D eigenvalue weighted by Gasteiger charge is -2.15. The molecule has 1 aromatic heterocycles. The average molecular weight is 266 g/mol. The first-order valence-corrected chi connectivity index (χ1v) is 6.68. The van der Waals surface area contributed by atoms with Crippen LogP contribution in [0.15, 0.2) is 15.8 Å². The lowest BCUT2D eigenvalue weighted by molar-refractivity contribution is -0.0343. The highest BCUT2D eigenvalue weighted by atomic mass is 16.5. The van der Waals surface area contributed by atoms with Crippen LogP contribution in [0.2, 0.25) is 0 Å². The summed E-state index contributed by atoms with van der Waals surface area (Å²) in [7, 11) is 0. The van der Waals surface area contributed by atoms with Gasteiger partial charge in [0.15, 0.2) is 0 Å². The zero-order valence-electron chi connectivity index (χ0n) is 10.8. The van der Waals surface area contributed by atoms with Gasteiger partial charge in [-0.25, -0.2) is 4.79 Å². The summed E-state index contributed by atoms with van der Waals surface area (Å²) in [4.78, 5) is 25.5. The van der Waals surface area contributed by atoms with E-state index in [1.807, 2.05) is 0 Å². The maximum Gasteiger partial charge on any atom is 0.330 e. The minimum absolute atomic E-state index is 0.0191. The Labute approximate surface area is 110 Å². The molecule has 2 N–H and O–H groups in total. The van der Waals surface area contributed by atoms with E-state index in [1.165, 1.54) is 23.6 Å². The van der Waals surface area contributed by atoms with Crippen LogP contribution in [0.5, 0.6) is 0 Å². The topological polar surface area (TPSA) is 84.3 Å². The molecule has 3 rings (SSSR count). The van der Waals surface area contributed by atoms with Crippen LogP contribution in [0, 0.1) is 18.8 Å². The van der Waals surface area contributed by atoms with Crippen LogP contribution in [0.1, 0.15) is 31.1 Å². The monoisotopic (exact) mass is 266 g/mol. The predicted molar refractivity (Wildman–Crippen MR) is 67.9 cm³/mol. The van der Waals surface area contributed by atoms with Gasteiger partial charge in [-0.05, 0) is 38.0 Å². The van der Waals surface area contributed by atoms with Crippen molar-refractivity contribution in [2.75, 3.05) is 6.61 Å². The number of aliphatic hydroxyl groups excluding tert-OH is 1. The number of aromatic amines is 1. The molecule has 19 heavy (non-hydrogen) atoms. The first-order valence-electron chi connectivity index (χ1n) is 6.68. The van der Waals surface area contributed by atoms with Crippen LogP contribution in [0.3, 0.4) is 0 Å². The molecular formula is C13H18N2O4. The van der Waals surface area contributed by atoms with Gasteiger partial charge in [0.2, 0.25) is 0 Å². The summed E-state index contributed by atoms with van der Waals surface area (Å²) in [5.41, 5.74) is -0.330. The first-order chi connectivity index (χ1) is 9.10. The Morgan fingerprint density at radius 3 is 2.84 bits per heavy atom. The quantitative estimate of drug-likeness (QED) is 0.815. The molecular weight excluding hydrogens is 248 g/mol. The molecule has 104 valence electrons. The van der Waals surface area contributed by atoms with Gasteiger partial charge < -0.3 is 9.84 Å². The standard InChI is InChI=1S/C13H18N2O4/c1-7-5-15(13(18)14-12(7)17)11-4-9(8-2-3-8)10(6-16)19-11/h5,8-11,16H,2-4,6H2,1H3,(H,14,17,18)/t9?,10-,11-/m1/s1. The number of rotatable bonds is 3. The van der Waals surface area contributed by atoms with Crippen molar-refractivity contribution in [2.45, 2.75) is 38.5 Å². The lowest BCUT2D eigenvalue weighted by Crippen LogP contribution is -2.33. The summed E-state index contributed by atoms with van der Waals surface area (Å²) in [6, 6.07) is 0. The van der Waals surface area contributed by atoms with Crippen LogP contribution >= 0.6 is 0 Å². The van der Waals surface area contributed by atoms with Crippen molar-refractivity contribution < 1.29 is 9.84 Å². The third-order valence-electron chi connectivity index (χ3n) is 4.15. The maximum absolute atomic E-state index is 11.8. The predicted octanol–water partition coefficient (Wildman–Crippen LogP) is 0.151. The van der Waals surface area contributed by atoms with Crippen LogP contribution in [0.25, 0.3) is 0 Å². The van der Waals surface area contributed by atoms with E-state index < -0.39 is 5.69 Å². The second-order valence-electron chi connectivity index (χ2n) is 5.53. The van der Waals surface area contributed by atoms with E-state index in [1.54, 1.807) is 6.92 Å². The van der Waals surface area contributed by atoms with Gasteiger partial charge in [0, 0.05) is 11.8 Å². The van der Waals surface area contributed by atoms with Crippen molar-refractivity contribution in [2.24, 2.45) is 11.8 Å². The Morgan fingerprint density at radius 1 is 1.47 bits per heavy atom. The normalized spacial score (nSPS) is 30.7. The highest BCUT2D eigenvalue weighted by Crippen LogP contribution is 2.47. The van der Waals surface area contributed by atoms with Gasteiger partial charge in [-0.2, -0.15) is 0 Å². The Balaban J connectivity index is 1.89. The van der Waals surface area contributed by atoms with Crippen molar-refractivity contribution in [3.8, 4) is 0 Å². The molecule has 1 saturated carbocycles. The highest BCUT2D eigenvalue weighted by Gasteiger charge is 2.44. The Hall–Kier alpha value is -1.40. The largest absolute Gasteiger partial charge is 0.394 e. The molecule has 2 aliphatic rings. The van der Waals surface area contributed by atoms with Gasteiger partial charge in [0.25, 0.3) is 5.56 Å². The molecule has 0 aromatic carbocycles. The SMILES string of the molecule is Cc1cn([C@H]2CC(C3CC3)[C@@H](CO)O2)c(=O)[nH]c1=O. The summed E-state index contributed by atoms with van der Waals surface area (Å²) in [6.07, 6.45) is 4.03. The fourth-order valence-corrected chi connectivity index (χ4v) is 2.92. The van der Waals surface area contributed by atoms with Gasteiger partial charge in [0.05, 0.1) is 12.7 Å². The van der Waals surface area contributed by atoms with E-state index in [2.05, 4.69) is 4.98 Å². The highest BCUT2D eigenvalue weighted by molar-refractivity contribution is 5.02. The second kappa shape index (κ2) is 4.61. The summed E-state index contributed by atoms with van der Waals surface area (Å²) in [5.74, 6) is 0.927. The Kier molecular flexibility index (Phi) is 3.06. The van der Waals surface area contributed by atoms with Crippen molar-refractivity contribution in [3.63, 3.8) is 0 Å². The first kappa shape index (κ1) is 12.6. The molecule has 1 saturated heterocycles. The van der Waals surface area contributed by atoms with E-state index in [0.717, 1.165) is 6.42 Å². The van der Waals surface area contributed by atoms with Gasteiger partial charge in [-0.3, -0.25) is 14.3 Å². The molecule has 3 atom stereocenters. The van der Waals surface area contributed by atoms with Crippen molar-refractivity contribution in [3.05, 3.63) is 32.6 Å². The maximum atomic E-state index is 11.8. The molecule has 0 bridgehead atoms. The third-order valence-corrected chi connectivity index (χ3v) is 4.15. The molecule has 2 heterocycles. The zero-order valence-corrected chi connectivity index (χ0v) is 10.8. The Bertz CT molecular complexity index is 587. The fraction of sp³-hybridized carbons (Fsp3) is 0.692. The number of hydrogen-bond donors (Lipinski definition) is 2. The molecule has 1 aliphatic carbocycles. The number of aromatic nitrogens is 2. The number of ether oxygens (including phenoxy) is 1. The average Bonchev–Trinajstić information content (AvgIpc) is 3.14. The van der Waals surface area contributed by atoms with Crippen molar-refractivity contribution in [1.82, 2.24) is 9.55 Å². The number of H-pyrrole nitrogens is 1. The molecule has 1 aliphatic heterocycles. The molecule has 2 fully saturated rings. The van der Waals surface area contributed by atoms with E-state index in [0.29, 0.717) is 17.4 Å². The van der Waals surface area contributed by atoms with Crippen LogP contribution < -0.4 is 11.2 Å². The van der Waals surface area contributed by atoms with Crippen LogP contribution in [-0.2, 0) is 4.74 Å². The molecule has 0 amide bonds. The summed E-state index contributed by atoms with van der Waals surface area (Å²) in [5, 5.41) is 9.38.